The molecule has 0 aliphatic carbocycles. The Balaban J connectivity index is 1.38. The van der Waals surface area contributed by atoms with Crippen molar-refractivity contribution in [1.82, 2.24) is 29.9 Å². The third-order valence-electron chi connectivity index (χ3n) is 2.78. The van der Waals surface area contributed by atoms with Crippen LogP contribution in [-0.2, 0) is 14.2 Å². The van der Waals surface area contributed by atoms with Gasteiger partial charge in [-0.15, -0.1) is 0 Å². The Kier molecular flexibility index (Phi) is 11.4. The second-order valence-corrected chi connectivity index (χ2v) is 6.20. The van der Waals surface area contributed by atoms with E-state index in [1.54, 1.807) is 0 Å². The van der Waals surface area contributed by atoms with E-state index < -0.39 is 0 Å². The van der Waals surface area contributed by atoms with Crippen molar-refractivity contribution < 1.29 is 23.7 Å². The highest BCUT2D eigenvalue weighted by molar-refractivity contribution is 6.31. The third-order valence-corrected chi connectivity index (χ3v) is 3.46. The molecule has 0 spiro atoms. The molecule has 2 heterocycles. The molecule has 0 amide bonds. The van der Waals surface area contributed by atoms with Crippen LogP contribution >= 0.6 is 46.4 Å². The predicted octanol–water partition coefficient (Wildman–Crippen LogP) is 2.18. The van der Waals surface area contributed by atoms with Crippen LogP contribution in [0.2, 0.25) is 21.1 Å². The lowest BCUT2D eigenvalue weighted by molar-refractivity contribution is 0.00413. The van der Waals surface area contributed by atoms with Crippen molar-refractivity contribution in [3.8, 4) is 12.0 Å². The topological polar surface area (TPSA) is 123 Å². The van der Waals surface area contributed by atoms with Gasteiger partial charge in [-0.2, -0.15) is 29.9 Å². The van der Waals surface area contributed by atoms with E-state index in [1.807, 2.05) is 0 Å². The van der Waals surface area contributed by atoms with Crippen LogP contribution in [0.25, 0.3) is 0 Å². The van der Waals surface area contributed by atoms with Gasteiger partial charge in [-0.25, -0.2) is 0 Å². The average Bonchev–Trinajstić information content (AvgIpc) is 2.64. The maximum Gasteiger partial charge on any atom is 0.322 e. The summed E-state index contributed by atoms with van der Waals surface area (Å²) in [4.78, 5) is 22.3. The van der Waals surface area contributed by atoms with Crippen LogP contribution in [-0.4, -0.2) is 82.8 Å². The molecule has 0 aliphatic rings. The van der Waals surface area contributed by atoms with Gasteiger partial charge in [0.05, 0.1) is 39.6 Å². The fourth-order valence-corrected chi connectivity index (χ4v) is 2.37. The fraction of sp³-hybridized carbons (Fsp3) is 0.571. The lowest BCUT2D eigenvalue weighted by Crippen LogP contribution is -2.15. The van der Waals surface area contributed by atoms with Crippen LogP contribution < -0.4 is 9.47 Å². The Bertz CT molecular complexity index is 660. The summed E-state index contributed by atoms with van der Waals surface area (Å²) >= 11 is 22.5. The standard InChI is InChI=1S/C14H16Cl4N6O5/c15-9-19-10(16)22-13(21-9)28-7-5-26-3-1-25-2-4-27-6-8-29-14-23-11(17)20-12(18)24-14/h1-8H2. The molecule has 0 atom stereocenters. The van der Waals surface area contributed by atoms with Gasteiger partial charge in [0.25, 0.3) is 0 Å². The number of hydrogen-bond acceptors (Lipinski definition) is 11. The largest absolute Gasteiger partial charge is 0.461 e. The van der Waals surface area contributed by atoms with Gasteiger partial charge in [0, 0.05) is 0 Å². The molecular weight excluding hydrogens is 474 g/mol. The lowest BCUT2D eigenvalue weighted by Gasteiger charge is -2.08. The minimum atomic E-state index is -0.0393. The zero-order chi connectivity index (χ0) is 20.9. The second kappa shape index (κ2) is 13.8. The van der Waals surface area contributed by atoms with Gasteiger partial charge in [0.15, 0.2) is 0 Å². The fourth-order valence-electron chi connectivity index (χ4n) is 1.67. The molecule has 0 unspecified atom stereocenters. The molecule has 0 N–H and O–H groups in total. The maximum absolute atomic E-state index is 5.63. The molecule has 2 aromatic heterocycles. The van der Waals surface area contributed by atoms with Crippen molar-refractivity contribution in [3.63, 3.8) is 0 Å². The summed E-state index contributed by atoms with van der Waals surface area (Å²) in [5, 5.41) is -0.157. The number of halogens is 4. The Morgan fingerprint density at radius 3 is 1.00 bits per heavy atom. The molecule has 0 aromatic carbocycles. The van der Waals surface area contributed by atoms with Crippen LogP contribution in [0.15, 0.2) is 0 Å². The number of ether oxygens (including phenoxy) is 5. The van der Waals surface area contributed by atoms with E-state index in [9.17, 15) is 0 Å². The van der Waals surface area contributed by atoms with E-state index in [0.29, 0.717) is 39.6 Å². The van der Waals surface area contributed by atoms with Crippen LogP contribution in [0, 0.1) is 0 Å². The summed E-state index contributed by atoms with van der Waals surface area (Å²) in [6, 6.07) is 0.0790. The number of rotatable bonds is 14. The normalized spacial score (nSPS) is 10.9. The summed E-state index contributed by atoms with van der Waals surface area (Å²) in [5.41, 5.74) is 0. The molecule has 2 rings (SSSR count). The van der Waals surface area contributed by atoms with E-state index in [-0.39, 0.29) is 46.4 Å². The number of nitrogens with zero attached hydrogens (tertiary/aromatic N) is 6. The summed E-state index contributed by atoms with van der Waals surface area (Å²) < 4.78 is 26.5. The second-order valence-electron chi connectivity index (χ2n) is 4.85. The van der Waals surface area contributed by atoms with E-state index in [2.05, 4.69) is 29.9 Å². The molecule has 0 aliphatic heterocycles. The van der Waals surface area contributed by atoms with Crippen molar-refractivity contribution in [1.29, 1.82) is 0 Å². The van der Waals surface area contributed by atoms with Gasteiger partial charge in [-0.1, -0.05) is 0 Å². The first-order chi connectivity index (χ1) is 14.0. The number of aromatic nitrogens is 6. The Morgan fingerprint density at radius 1 is 0.414 bits per heavy atom. The molecule has 160 valence electrons. The van der Waals surface area contributed by atoms with Crippen molar-refractivity contribution in [2.45, 2.75) is 0 Å². The van der Waals surface area contributed by atoms with Crippen LogP contribution in [0.3, 0.4) is 0 Å². The van der Waals surface area contributed by atoms with Crippen LogP contribution in [0.5, 0.6) is 12.0 Å². The lowest BCUT2D eigenvalue weighted by atomic mass is 10.7. The summed E-state index contributed by atoms with van der Waals surface area (Å²) in [5.74, 6) is 0. The predicted molar refractivity (Wildman–Crippen MR) is 103 cm³/mol. The zero-order valence-electron chi connectivity index (χ0n) is 14.9. The Hall–Kier alpha value is -1.34. The highest BCUT2D eigenvalue weighted by Gasteiger charge is 2.05. The van der Waals surface area contributed by atoms with Gasteiger partial charge in [0.1, 0.15) is 13.2 Å². The zero-order valence-corrected chi connectivity index (χ0v) is 17.9. The average molecular weight is 490 g/mol. The molecule has 2 aromatic rings. The van der Waals surface area contributed by atoms with Crippen molar-refractivity contribution in [3.05, 3.63) is 21.1 Å². The SMILES string of the molecule is Clc1nc(Cl)nc(OCCOCCOCCOCCOc2nc(Cl)nc(Cl)n2)n1. The molecule has 0 bridgehead atoms. The monoisotopic (exact) mass is 488 g/mol. The van der Waals surface area contributed by atoms with Gasteiger partial charge >= 0.3 is 12.0 Å². The molecule has 0 fully saturated rings. The van der Waals surface area contributed by atoms with Gasteiger partial charge in [0.2, 0.25) is 21.1 Å². The van der Waals surface area contributed by atoms with E-state index >= 15 is 0 Å². The Morgan fingerprint density at radius 2 is 0.690 bits per heavy atom. The minimum Gasteiger partial charge on any atom is -0.461 e. The summed E-state index contributed by atoms with van der Waals surface area (Å²) in [6.07, 6.45) is 0. The molecule has 0 radical (unpaired) electrons. The minimum absolute atomic E-state index is 0.0393. The number of hydrogen-bond donors (Lipinski definition) is 0. The first-order valence-corrected chi connectivity index (χ1v) is 9.67. The molecule has 15 heteroatoms. The highest BCUT2D eigenvalue weighted by Crippen LogP contribution is 2.11. The van der Waals surface area contributed by atoms with E-state index in [4.69, 9.17) is 70.1 Å². The molecule has 0 saturated carbocycles. The quantitative estimate of drug-likeness (QED) is 0.362. The van der Waals surface area contributed by atoms with Crippen LogP contribution in [0.1, 0.15) is 0 Å². The van der Waals surface area contributed by atoms with Gasteiger partial charge < -0.3 is 23.7 Å². The first-order valence-electron chi connectivity index (χ1n) is 8.16. The molecule has 0 saturated heterocycles. The van der Waals surface area contributed by atoms with Gasteiger partial charge in [-0.05, 0) is 46.4 Å². The van der Waals surface area contributed by atoms with Gasteiger partial charge in [-0.3, -0.25) is 0 Å². The smallest absolute Gasteiger partial charge is 0.322 e. The third kappa shape index (κ3) is 10.8. The first kappa shape index (κ1) is 23.9. The van der Waals surface area contributed by atoms with E-state index in [0.717, 1.165) is 0 Å². The summed E-state index contributed by atoms with van der Waals surface area (Å²) in [7, 11) is 0. The van der Waals surface area contributed by atoms with E-state index in [1.165, 1.54) is 0 Å². The summed E-state index contributed by atoms with van der Waals surface area (Å²) in [6.45, 7) is 2.72. The molecule has 29 heavy (non-hydrogen) atoms. The molecule has 11 nitrogen and oxygen atoms in total. The van der Waals surface area contributed by atoms with Crippen molar-refractivity contribution >= 4 is 46.4 Å². The van der Waals surface area contributed by atoms with Crippen molar-refractivity contribution in [2.24, 2.45) is 0 Å². The van der Waals surface area contributed by atoms with Crippen LogP contribution in [0.4, 0.5) is 0 Å². The Labute approximate surface area is 186 Å². The highest BCUT2D eigenvalue weighted by atomic mass is 35.5. The van der Waals surface area contributed by atoms with Crippen molar-refractivity contribution in [2.75, 3.05) is 52.9 Å². The molecular formula is C14H16Cl4N6O5. The maximum atomic E-state index is 5.63.